The first-order valence-electron chi connectivity index (χ1n) is 9.20. The molecule has 0 radical (unpaired) electrons. The number of amides is 1. The molecule has 162 valence electrons. The third-order valence-electron chi connectivity index (χ3n) is 4.23. The van der Waals surface area contributed by atoms with Gasteiger partial charge >= 0.3 is 6.18 Å². The van der Waals surface area contributed by atoms with E-state index < -0.39 is 23.1 Å². The number of benzene rings is 2. The van der Waals surface area contributed by atoms with Crippen LogP contribution < -0.4 is 10.6 Å². The summed E-state index contributed by atoms with van der Waals surface area (Å²) in [4.78, 5) is 28.7. The van der Waals surface area contributed by atoms with Gasteiger partial charge in [-0.15, -0.1) is 0 Å². The van der Waals surface area contributed by atoms with Gasteiger partial charge in [-0.3, -0.25) is 9.59 Å². The van der Waals surface area contributed by atoms with E-state index >= 15 is 0 Å². The van der Waals surface area contributed by atoms with Gasteiger partial charge in [0.15, 0.2) is 5.13 Å². The molecule has 2 N–H and O–H groups in total. The van der Waals surface area contributed by atoms with Crippen LogP contribution in [-0.4, -0.2) is 29.8 Å². The van der Waals surface area contributed by atoms with Crippen molar-refractivity contribution in [3.63, 3.8) is 0 Å². The monoisotopic (exact) mass is 467 g/mol. The molecule has 0 atom stereocenters. The minimum Gasteiger partial charge on any atom is -0.361 e. The number of nitrogens with zero attached hydrogens (tertiary/aromatic N) is 1. The molecule has 0 aliphatic rings. The summed E-state index contributed by atoms with van der Waals surface area (Å²) >= 11 is 6.77. The molecule has 0 spiro atoms. The maximum absolute atomic E-state index is 13.1. The van der Waals surface area contributed by atoms with Crippen LogP contribution in [0.1, 0.15) is 37.6 Å². The van der Waals surface area contributed by atoms with Crippen molar-refractivity contribution in [3.8, 4) is 0 Å². The van der Waals surface area contributed by atoms with E-state index in [0.29, 0.717) is 35.2 Å². The van der Waals surface area contributed by atoms with Gasteiger partial charge in [-0.2, -0.15) is 13.2 Å². The van der Waals surface area contributed by atoms with Crippen LogP contribution in [-0.2, 0) is 6.18 Å². The number of nitrogens with one attached hydrogen (secondary N) is 2. The van der Waals surface area contributed by atoms with E-state index in [1.54, 1.807) is 24.3 Å². The number of hydrogen-bond donors (Lipinski definition) is 2. The van der Waals surface area contributed by atoms with Gasteiger partial charge in [0.25, 0.3) is 5.91 Å². The van der Waals surface area contributed by atoms with E-state index in [1.807, 2.05) is 0 Å². The van der Waals surface area contributed by atoms with Crippen LogP contribution in [0, 0.1) is 0 Å². The molecule has 0 aliphatic heterocycles. The summed E-state index contributed by atoms with van der Waals surface area (Å²) in [5.41, 5.74) is -0.881. The second kappa shape index (κ2) is 9.93. The molecule has 1 amide bonds. The molecule has 0 saturated carbocycles. The largest absolute Gasteiger partial charge is 0.417 e. The fourth-order valence-corrected chi connectivity index (χ4v) is 3.63. The van der Waals surface area contributed by atoms with E-state index in [0.717, 1.165) is 23.5 Å². The second-order valence-corrected chi connectivity index (χ2v) is 7.91. The Bertz CT molecular complexity index is 1070. The quantitative estimate of drug-likeness (QED) is 0.349. The van der Waals surface area contributed by atoms with E-state index in [-0.39, 0.29) is 10.8 Å². The molecule has 0 saturated heterocycles. The Balaban J connectivity index is 1.50. The highest BCUT2D eigenvalue weighted by Crippen LogP contribution is 2.33. The molecule has 1 heterocycles. The maximum Gasteiger partial charge on any atom is 0.417 e. The smallest absolute Gasteiger partial charge is 0.361 e. The minimum absolute atomic E-state index is 0.107. The summed E-state index contributed by atoms with van der Waals surface area (Å²) in [6.45, 7) is 0.867. The molecule has 0 fully saturated rings. The number of aromatic nitrogens is 1. The van der Waals surface area contributed by atoms with Gasteiger partial charge in [0.05, 0.1) is 16.6 Å². The highest BCUT2D eigenvalue weighted by Gasteiger charge is 2.35. The summed E-state index contributed by atoms with van der Waals surface area (Å²) in [7, 11) is 0. The highest BCUT2D eigenvalue weighted by molar-refractivity contribution is 7.17. The zero-order chi connectivity index (χ0) is 22.4. The Hall–Kier alpha value is -2.91. The number of halogens is 4. The van der Waals surface area contributed by atoms with Crippen molar-refractivity contribution in [2.45, 2.75) is 12.6 Å². The molecule has 10 heteroatoms. The van der Waals surface area contributed by atoms with Crippen LogP contribution in [0.3, 0.4) is 0 Å². The maximum atomic E-state index is 13.1. The number of anilines is 1. The van der Waals surface area contributed by atoms with Crippen molar-refractivity contribution in [3.05, 3.63) is 81.3 Å². The van der Waals surface area contributed by atoms with Crippen LogP contribution in [0.15, 0.2) is 54.7 Å². The minimum atomic E-state index is -4.62. The number of ketones is 1. The molecule has 1 aromatic heterocycles. The summed E-state index contributed by atoms with van der Waals surface area (Å²) in [5, 5.41) is 6.73. The summed E-state index contributed by atoms with van der Waals surface area (Å²) in [6, 6.07) is 11.2. The Kier molecular flexibility index (Phi) is 7.29. The number of carbonyl (C=O) groups is 2. The van der Waals surface area contributed by atoms with Crippen molar-refractivity contribution in [1.29, 1.82) is 0 Å². The van der Waals surface area contributed by atoms with E-state index in [9.17, 15) is 22.8 Å². The van der Waals surface area contributed by atoms with Crippen LogP contribution >= 0.6 is 22.9 Å². The standard InChI is InChI=1S/C21H17ClF3N3O2S/c22-14-8-6-13(7-9-14)19(30)26-10-3-11-27-20-28-12-17(31-20)18(29)15-4-1-2-5-16(15)21(23,24)25/h1-2,4-9,12H,3,10-11H2,(H,26,30)(H,27,28). The van der Waals surface area contributed by atoms with Crippen molar-refractivity contribution in [2.24, 2.45) is 0 Å². The number of rotatable bonds is 8. The van der Waals surface area contributed by atoms with E-state index in [4.69, 9.17) is 11.6 Å². The van der Waals surface area contributed by atoms with E-state index in [2.05, 4.69) is 15.6 Å². The molecule has 5 nitrogen and oxygen atoms in total. The normalized spacial score (nSPS) is 11.2. The Morgan fingerprint density at radius 2 is 1.74 bits per heavy atom. The zero-order valence-corrected chi connectivity index (χ0v) is 17.6. The second-order valence-electron chi connectivity index (χ2n) is 6.45. The summed E-state index contributed by atoms with van der Waals surface area (Å²) in [5.74, 6) is -0.948. The predicted octanol–water partition coefficient (Wildman–Crippen LogP) is 5.28. The Morgan fingerprint density at radius 1 is 1.03 bits per heavy atom. The lowest BCUT2D eigenvalue weighted by Crippen LogP contribution is -2.25. The van der Waals surface area contributed by atoms with Crippen molar-refractivity contribution in [1.82, 2.24) is 10.3 Å². The van der Waals surface area contributed by atoms with Gasteiger partial charge in [0, 0.05) is 29.2 Å². The highest BCUT2D eigenvalue weighted by atomic mass is 35.5. The van der Waals surface area contributed by atoms with Gasteiger partial charge in [0.2, 0.25) is 5.78 Å². The lowest BCUT2D eigenvalue weighted by atomic mass is 10.0. The summed E-state index contributed by atoms with van der Waals surface area (Å²) in [6.07, 6.45) is -2.78. The van der Waals surface area contributed by atoms with Gasteiger partial charge in [-0.25, -0.2) is 4.98 Å². The summed E-state index contributed by atoms with van der Waals surface area (Å²) < 4.78 is 39.4. The molecular weight excluding hydrogens is 451 g/mol. The number of thiazole rings is 1. The SMILES string of the molecule is O=C(NCCCNc1ncc(C(=O)c2ccccc2C(F)(F)F)s1)c1ccc(Cl)cc1. The molecule has 0 aliphatic carbocycles. The lowest BCUT2D eigenvalue weighted by molar-refractivity contribution is -0.137. The van der Waals surface area contributed by atoms with Crippen LogP contribution in [0.4, 0.5) is 18.3 Å². The fraction of sp³-hybridized carbons (Fsp3) is 0.190. The van der Waals surface area contributed by atoms with Crippen LogP contribution in [0.5, 0.6) is 0 Å². The molecule has 0 bridgehead atoms. The van der Waals surface area contributed by atoms with Gasteiger partial charge in [-0.05, 0) is 36.8 Å². The third-order valence-corrected chi connectivity index (χ3v) is 5.43. The van der Waals surface area contributed by atoms with Crippen molar-refractivity contribution in [2.75, 3.05) is 18.4 Å². The number of alkyl halides is 3. The number of hydrogen-bond acceptors (Lipinski definition) is 5. The van der Waals surface area contributed by atoms with Crippen LogP contribution in [0.25, 0.3) is 0 Å². The molecule has 0 unspecified atom stereocenters. The molecule has 3 rings (SSSR count). The predicted molar refractivity (Wildman–Crippen MR) is 114 cm³/mol. The number of carbonyl (C=O) groups excluding carboxylic acids is 2. The topological polar surface area (TPSA) is 71.1 Å². The first-order chi connectivity index (χ1) is 14.8. The molecular formula is C21H17ClF3N3O2S. The lowest BCUT2D eigenvalue weighted by Gasteiger charge is -2.10. The van der Waals surface area contributed by atoms with Crippen molar-refractivity contribution >= 4 is 39.8 Å². The first kappa shape index (κ1) is 22.8. The van der Waals surface area contributed by atoms with Crippen LogP contribution in [0.2, 0.25) is 5.02 Å². The first-order valence-corrected chi connectivity index (χ1v) is 10.4. The molecule has 31 heavy (non-hydrogen) atoms. The van der Waals surface area contributed by atoms with E-state index in [1.165, 1.54) is 18.3 Å². The fourth-order valence-electron chi connectivity index (χ4n) is 2.71. The van der Waals surface area contributed by atoms with Crippen molar-refractivity contribution < 1.29 is 22.8 Å². The average Bonchev–Trinajstić information content (AvgIpc) is 3.21. The Labute approximate surface area is 185 Å². The Morgan fingerprint density at radius 3 is 2.45 bits per heavy atom. The van der Waals surface area contributed by atoms with Gasteiger partial charge in [0.1, 0.15) is 0 Å². The molecule has 3 aromatic rings. The third kappa shape index (κ3) is 6.05. The van der Waals surface area contributed by atoms with Gasteiger partial charge in [-0.1, -0.05) is 41.1 Å². The zero-order valence-electron chi connectivity index (χ0n) is 16.0. The average molecular weight is 468 g/mol. The van der Waals surface area contributed by atoms with Gasteiger partial charge < -0.3 is 10.6 Å². The molecule has 2 aromatic carbocycles.